The summed E-state index contributed by atoms with van der Waals surface area (Å²) in [6.45, 7) is 0.999. The summed E-state index contributed by atoms with van der Waals surface area (Å²) in [5.74, 6) is 3.06. The average molecular weight is 296 g/mol. The topological polar surface area (TPSA) is 56.7 Å². The van der Waals surface area contributed by atoms with E-state index in [9.17, 15) is 0 Å². The van der Waals surface area contributed by atoms with Crippen molar-refractivity contribution in [3.05, 3.63) is 29.6 Å². The number of aromatic nitrogens is 3. The molecular formula is C18H24N4. The smallest absolute Gasteiger partial charge is 0.164 e. The van der Waals surface area contributed by atoms with E-state index >= 15 is 0 Å². The summed E-state index contributed by atoms with van der Waals surface area (Å²) < 4.78 is 2.31. The highest BCUT2D eigenvalue weighted by atomic mass is 15.3. The molecule has 4 rings (SSSR count). The zero-order chi connectivity index (χ0) is 14.9. The Bertz CT molecular complexity index is 668. The molecule has 2 heterocycles. The van der Waals surface area contributed by atoms with Crippen molar-refractivity contribution in [1.82, 2.24) is 14.8 Å². The molecule has 0 saturated heterocycles. The van der Waals surface area contributed by atoms with E-state index in [0.29, 0.717) is 0 Å². The van der Waals surface area contributed by atoms with Crippen LogP contribution in [0.4, 0.5) is 5.69 Å². The summed E-state index contributed by atoms with van der Waals surface area (Å²) in [6.07, 6.45) is 10.4. The lowest BCUT2D eigenvalue weighted by molar-refractivity contribution is 0.336. The van der Waals surface area contributed by atoms with Gasteiger partial charge in [0.1, 0.15) is 5.82 Å². The molecule has 0 radical (unpaired) electrons. The van der Waals surface area contributed by atoms with Crippen LogP contribution in [-0.2, 0) is 19.4 Å². The van der Waals surface area contributed by atoms with Crippen LogP contribution in [0.25, 0.3) is 11.4 Å². The zero-order valence-electron chi connectivity index (χ0n) is 13.1. The molecule has 1 aromatic heterocycles. The second-order valence-corrected chi connectivity index (χ2v) is 6.80. The van der Waals surface area contributed by atoms with Crippen LogP contribution >= 0.6 is 0 Å². The minimum atomic E-state index is 0.805. The van der Waals surface area contributed by atoms with Gasteiger partial charge in [0.2, 0.25) is 0 Å². The van der Waals surface area contributed by atoms with Gasteiger partial charge in [-0.25, -0.2) is 0 Å². The number of nitrogens with zero attached hydrogens (tertiary/aromatic N) is 3. The van der Waals surface area contributed by atoms with Crippen LogP contribution in [0.15, 0.2) is 18.2 Å². The molecule has 1 saturated carbocycles. The number of rotatable bonds is 3. The van der Waals surface area contributed by atoms with Gasteiger partial charge in [0.25, 0.3) is 0 Å². The maximum absolute atomic E-state index is 5.94. The lowest BCUT2D eigenvalue weighted by Gasteiger charge is -2.22. The van der Waals surface area contributed by atoms with Crippen LogP contribution in [-0.4, -0.2) is 14.8 Å². The zero-order valence-corrected chi connectivity index (χ0v) is 13.1. The number of hydrogen-bond donors (Lipinski definition) is 1. The van der Waals surface area contributed by atoms with E-state index in [1.807, 2.05) is 12.1 Å². The standard InChI is InChI=1S/C18H24N4/c19-15-8-7-14-10-11-22-17(20-21-18(22)16(14)12-15)9-6-13-4-2-1-3-5-13/h7-8,12-13H,1-6,9-11,19H2. The van der Waals surface area contributed by atoms with Crippen LogP contribution < -0.4 is 5.73 Å². The molecule has 1 aromatic carbocycles. The SMILES string of the molecule is Nc1ccc2c(c1)-c1nnc(CCC3CCCCC3)n1CC2. The van der Waals surface area contributed by atoms with Gasteiger partial charge in [-0.3, -0.25) is 0 Å². The Labute approximate surface area is 131 Å². The highest BCUT2D eigenvalue weighted by Gasteiger charge is 2.22. The van der Waals surface area contributed by atoms with Gasteiger partial charge in [0.15, 0.2) is 5.82 Å². The fourth-order valence-electron chi connectivity index (χ4n) is 4.02. The maximum atomic E-state index is 5.94. The Morgan fingerprint density at radius 3 is 2.86 bits per heavy atom. The molecule has 0 amide bonds. The van der Waals surface area contributed by atoms with Gasteiger partial charge in [0, 0.05) is 24.2 Å². The molecule has 2 aliphatic rings. The molecule has 4 nitrogen and oxygen atoms in total. The molecule has 1 fully saturated rings. The predicted octanol–water partition coefficient (Wildman–Crippen LogP) is 3.60. The van der Waals surface area contributed by atoms with E-state index in [4.69, 9.17) is 5.73 Å². The van der Waals surface area contributed by atoms with E-state index in [0.717, 1.165) is 42.6 Å². The van der Waals surface area contributed by atoms with Gasteiger partial charge in [-0.1, -0.05) is 38.2 Å². The van der Waals surface area contributed by atoms with E-state index in [-0.39, 0.29) is 0 Å². The Kier molecular flexibility index (Phi) is 3.60. The summed E-state index contributed by atoms with van der Waals surface area (Å²) in [7, 11) is 0. The van der Waals surface area contributed by atoms with E-state index < -0.39 is 0 Å². The van der Waals surface area contributed by atoms with Crippen molar-refractivity contribution in [3.63, 3.8) is 0 Å². The summed E-state index contributed by atoms with van der Waals surface area (Å²) in [5, 5.41) is 8.94. The number of hydrogen-bond acceptors (Lipinski definition) is 3. The first-order chi connectivity index (χ1) is 10.8. The Balaban J connectivity index is 1.55. The van der Waals surface area contributed by atoms with Gasteiger partial charge in [-0.15, -0.1) is 10.2 Å². The van der Waals surface area contributed by atoms with Crippen molar-refractivity contribution in [2.45, 2.75) is 57.9 Å². The van der Waals surface area contributed by atoms with Crippen molar-refractivity contribution >= 4 is 5.69 Å². The minimum absolute atomic E-state index is 0.805. The number of nitrogens with two attached hydrogens (primary N) is 1. The van der Waals surface area contributed by atoms with Gasteiger partial charge in [0.05, 0.1) is 0 Å². The Hall–Kier alpha value is -1.84. The number of anilines is 1. The fraction of sp³-hybridized carbons (Fsp3) is 0.556. The molecule has 2 aromatic rings. The molecule has 0 bridgehead atoms. The molecule has 22 heavy (non-hydrogen) atoms. The fourth-order valence-corrected chi connectivity index (χ4v) is 4.02. The molecule has 0 unspecified atom stereocenters. The molecule has 2 N–H and O–H groups in total. The molecule has 4 heteroatoms. The van der Waals surface area contributed by atoms with Gasteiger partial charge >= 0.3 is 0 Å². The third kappa shape index (κ3) is 2.51. The van der Waals surface area contributed by atoms with Crippen LogP contribution in [0.1, 0.15) is 49.9 Å². The van der Waals surface area contributed by atoms with E-state index in [1.54, 1.807) is 0 Å². The second-order valence-electron chi connectivity index (χ2n) is 6.80. The maximum Gasteiger partial charge on any atom is 0.164 e. The van der Waals surface area contributed by atoms with Crippen molar-refractivity contribution in [2.75, 3.05) is 5.73 Å². The van der Waals surface area contributed by atoms with E-state index in [2.05, 4.69) is 20.8 Å². The first-order valence-electron chi connectivity index (χ1n) is 8.62. The molecular weight excluding hydrogens is 272 g/mol. The highest BCUT2D eigenvalue weighted by molar-refractivity contribution is 5.67. The van der Waals surface area contributed by atoms with Crippen LogP contribution in [0.5, 0.6) is 0 Å². The molecule has 116 valence electrons. The van der Waals surface area contributed by atoms with Crippen molar-refractivity contribution in [1.29, 1.82) is 0 Å². The Morgan fingerprint density at radius 1 is 1.14 bits per heavy atom. The summed E-state index contributed by atoms with van der Waals surface area (Å²) in [4.78, 5) is 0. The third-order valence-electron chi connectivity index (χ3n) is 5.31. The van der Waals surface area contributed by atoms with Crippen LogP contribution in [0.3, 0.4) is 0 Å². The quantitative estimate of drug-likeness (QED) is 0.880. The first-order valence-corrected chi connectivity index (χ1v) is 8.62. The summed E-state index contributed by atoms with van der Waals surface area (Å²) >= 11 is 0. The van der Waals surface area contributed by atoms with Crippen LogP contribution in [0.2, 0.25) is 0 Å². The van der Waals surface area contributed by atoms with Crippen molar-refractivity contribution in [3.8, 4) is 11.4 Å². The number of benzene rings is 1. The normalized spacial score (nSPS) is 18.0. The average Bonchev–Trinajstić information content (AvgIpc) is 2.97. The number of aryl methyl sites for hydroxylation is 2. The molecule has 1 aliphatic carbocycles. The lowest BCUT2D eigenvalue weighted by Crippen LogP contribution is -2.15. The van der Waals surface area contributed by atoms with Crippen LogP contribution in [0, 0.1) is 5.92 Å². The van der Waals surface area contributed by atoms with Gasteiger partial charge < -0.3 is 10.3 Å². The molecule has 0 atom stereocenters. The van der Waals surface area contributed by atoms with E-state index in [1.165, 1.54) is 49.7 Å². The third-order valence-corrected chi connectivity index (χ3v) is 5.31. The largest absolute Gasteiger partial charge is 0.399 e. The summed E-state index contributed by atoms with van der Waals surface area (Å²) in [5.41, 5.74) is 9.26. The van der Waals surface area contributed by atoms with Crippen molar-refractivity contribution < 1.29 is 0 Å². The monoisotopic (exact) mass is 296 g/mol. The first kappa shape index (κ1) is 13.8. The van der Waals surface area contributed by atoms with Crippen molar-refractivity contribution in [2.24, 2.45) is 5.92 Å². The minimum Gasteiger partial charge on any atom is -0.399 e. The van der Waals surface area contributed by atoms with Gasteiger partial charge in [-0.05, 0) is 36.5 Å². The Morgan fingerprint density at radius 2 is 2.00 bits per heavy atom. The highest BCUT2D eigenvalue weighted by Crippen LogP contribution is 2.32. The summed E-state index contributed by atoms with van der Waals surface area (Å²) in [6, 6.07) is 6.15. The lowest BCUT2D eigenvalue weighted by atomic mass is 9.86. The van der Waals surface area contributed by atoms with Gasteiger partial charge in [-0.2, -0.15) is 0 Å². The molecule has 0 spiro atoms. The second kappa shape index (κ2) is 5.75. The predicted molar refractivity (Wildman–Crippen MR) is 88.5 cm³/mol. The number of nitrogen functional groups attached to an aromatic ring is 1. The number of fused-ring (bicyclic) bond motifs is 3. The molecule has 1 aliphatic heterocycles.